The number of pyridine rings is 1. The maximum absolute atomic E-state index is 12.0. The van der Waals surface area contributed by atoms with Crippen LogP contribution < -0.4 is 51.4 Å². The van der Waals surface area contributed by atoms with Gasteiger partial charge in [0.05, 0.1) is 10.8 Å². The van der Waals surface area contributed by atoms with Gasteiger partial charge in [0.1, 0.15) is 5.03 Å². The molecule has 0 aliphatic carbocycles. The van der Waals surface area contributed by atoms with Crippen molar-refractivity contribution in [1.82, 2.24) is 4.98 Å². The average molecular weight is 273 g/mol. The van der Waals surface area contributed by atoms with Gasteiger partial charge in [-0.05, 0) is 6.07 Å². The zero-order valence-corrected chi connectivity index (χ0v) is 12.8. The fraction of sp³-hybridized carbons (Fsp3) is 0.125. The molecule has 0 radical (unpaired) electrons. The van der Waals surface area contributed by atoms with Gasteiger partial charge in [0.25, 0.3) is 0 Å². The minimum Gasteiger partial charge on any atom is -0.445 e. The van der Waals surface area contributed by atoms with E-state index in [1.54, 1.807) is 0 Å². The molecule has 0 saturated heterocycles. The van der Waals surface area contributed by atoms with E-state index in [1.807, 2.05) is 0 Å². The Morgan fingerprint density at radius 1 is 1.44 bits per heavy atom. The first-order valence-electron chi connectivity index (χ1n) is 4.08. The van der Waals surface area contributed by atoms with Gasteiger partial charge >= 0.3 is 58.4 Å². The second-order valence-electron chi connectivity index (χ2n) is 2.84. The third-order valence-corrected chi connectivity index (χ3v) is 2.45. The number of aromatic nitrogens is 1. The van der Waals surface area contributed by atoms with Crippen molar-refractivity contribution < 1.29 is 68.5 Å². The Morgan fingerprint density at radius 2 is 2.06 bits per heavy atom. The van der Waals surface area contributed by atoms with Crippen molar-refractivity contribution in [2.75, 3.05) is 6.26 Å². The van der Waals surface area contributed by atoms with Crippen LogP contribution in [0.1, 0.15) is 5.56 Å². The summed E-state index contributed by atoms with van der Waals surface area (Å²) < 4.78 is 47.0. The van der Waals surface area contributed by atoms with E-state index in [1.165, 1.54) is 24.6 Å². The number of nitrogens with zero attached hydrogens (tertiary/aromatic N) is 1. The van der Waals surface area contributed by atoms with Gasteiger partial charge in [0.15, 0.2) is 0 Å². The van der Waals surface area contributed by atoms with E-state index in [9.17, 15) is 17.2 Å². The topological polar surface area (TPSA) is 30.0 Å². The molecule has 0 aliphatic rings. The molecule has 0 aliphatic heterocycles. The van der Waals surface area contributed by atoms with Crippen LogP contribution in [0.4, 0.5) is 12.9 Å². The summed E-state index contributed by atoms with van der Waals surface area (Å²) in [6.45, 7) is -4.97. The Labute approximate surface area is 137 Å². The Hall–Kier alpha value is 0.531. The van der Waals surface area contributed by atoms with Gasteiger partial charge in [-0.1, -0.05) is 12.1 Å². The van der Waals surface area contributed by atoms with Crippen LogP contribution in [0.15, 0.2) is 29.3 Å². The number of hydrogen-bond donors (Lipinski definition) is 0. The van der Waals surface area contributed by atoms with Gasteiger partial charge in [-0.25, -0.2) is 4.98 Å². The fourth-order valence-electron chi connectivity index (χ4n) is 0.983. The molecule has 0 saturated carbocycles. The molecule has 82 valence electrons. The summed E-state index contributed by atoms with van der Waals surface area (Å²) in [6.07, 6.45) is 3.66. The number of halogens is 3. The molecule has 1 rings (SSSR count). The predicted octanol–water partition coefficient (Wildman–Crippen LogP) is -0.777. The van der Waals surface area contributed by atoms with Crippen molar-refractivity contribution >= 4 is 23.9 Å². The second kappa shape index (κ2) is 7.07. The molecule has 0 spiro atoms. The minimum atomic E-state index is -4.97. The zero-order valence-electron chi connectivity index (χ0n) is 8.86. The molecule has 8 heteroatoms. The summed E-state index contributed by atoms with van der Waals surface area (Å²) in [6, 6.07) is 2.95. The SMILES string of the molecule is CS(=O)c1ncccc1/C=C/[B-](F)(F)F.[K+]. The summed E-state index contributed by atoms with van der Waals surface area (Å²) in [7, 11) is -1.39. The van der Waals surface area contributed by atoms with E-state index in [0.717, 1.165) is 6.08 Å². The smallest absolute Gasteiger partial charge is 0.445 e. The van der Waals surface area contributed by atoms with Gasteiger partial charge < -0.3 is 12.9 Å². The molecular weight excluding hydrogens is 265 g/mol. The van der Waals surface area contributed by atoms with E-state index in [2.05, 4.69) is 4.98 Å². The van der Waals surface area contributed by atoms with E-state index in [0.29, 0.717) is 0 Å². The molecule has 1 atom stereocenters. The number of rotatable bonds is 3. The maximum atomic E-state index is 12.0. The summed E-state index contributed by atoms with van der Waals surface area (Å²) >= 11 is 0. The fourth-order valence-corrected chi connectivity index (χ4v) is 1.66. The quantitative estimate of drug-likeness (QED) is 0.676. The van der Waals surface area contributed by atoms with E-state index < -0.39 is 17.8 Å². The Balaban J connectivity index is 0.00000225. The summed E-state index contributed by atoms with van der Waals surface area (Å²) in [5, 5.41) is 0.161. The minimum absolute atomic E-state index is 0. The van der Waals surface area contributed by atoms with E-state index in [-0.39, 0.29) is 67.9 Å². The molecule has 1 aromatic heterocycles. The molecule has 0 fully saturated rings. The van der Waals surface area contributed by atoms with Crippen LogP contribution in [-0.4, -0.2) is 22.4 Å². The van der Waals surface area contributed by atoms with Crippen molar-refractivity contribution in [3.8, 4) is 0 Å². The second-order valence-corrected chi connectivity index (χ2v) is 4.13. The third-order valence-electron chi connectivity index (χ3n) is 1.57. The molecule has 16 heavy (non-hydrogen) atoms. The van der Waals surface area contributed by atoms with Crippen LogP contribution in [0.2, 0.25) is 0 Å². The molecule has 0 amide bonds. The Bertz CT molecular complexity index is 411. The van der Waals surface area contributed by atoms with Gasteiger partial charge in [0, 0.05) is 18.0 Å². The van der Waals surface area contributed by atoms with Crippen LogP contribution >= 0.6 is 0 Å². The van der Waals surface area contributed by atoms with Crippen LogP contribution in [-0.2, 0) is 10.8 Å². The summed E-state index contributed by atoms with van der Waals surface area (Å²) in [5.74, 6) is 0.160. The van der Waals surface area contributed by atoms with E-state index >= 15 is 0 Å². The largest absolute Gasteiger partial charge is 1.00 e. The normalized spacial score (nSPS) is 13.5. The Morgan fingerprint density at radius 3 is 2.56 bits per heavy atom. The summed E-state index contributed by atoms with van der Waals surface area (Å²) in [4.78, 5) is 3.77. The van der Waals surface area contributed by atoms with Crippen LogP contribution in [0.25, 0.3) is 6.08 Å². The average Bonchev–Trinajstić information content (AvgIpc) is 2.14. The number of hydrogen-bond acceptors (Lipinski definition) is 2. The van der Waals surface area contributed by atoms with Gasteiger partial charge in [-0.3, -0.25) is 4.21 Å². The monoisotopic (exact) mass is 273 g/mol. The Kier molecular flexibility index (Phi) is 7.31. The molecule has 0 N–H and O–H groups in total. The first-order chi connectivity index (χ1) is 6.90. The molecule has 0 aromatic carbocycles. The van der Waals surface area contributed by atoms with Gasteiger partial charge in [0.2, 0.25) is 0 Å². The van der Waals surface area contributed by atoms with E-state index in [4.69, 9.17) is 0 Å². The molecule has 1 unspecified atom stereocenters. The standard InChI is InChI=1S/C8H8BF3NOS.K/c1-15(14)8-7(3-2-6-13-8)4-5-9(10,11)12;/h2-6H,1H3;/q-1;+1/b5-4+;. The van der Waals surface area contributed by atoms with Crippen molar-refractivity contribution in [1.29, 1.82) is 0 Å². The molecule has 0 bridgehead atoms. The van der Waals surface area contributed by atoms with Crippen molar-refractivity contribution in [3.05, 3.63) is 29.9 Å². The zero-order chi connectivity index (χ0) is 11.5. The van der Waals surface area contributed by atoms with Gasteiger partial charge in [-0.15, -0.1) is 5.98 Å². The molecular formula is C8H8BF3KNOS. The molecule has 1 aromatic rings. The molecule has 1 heterocycles. The van der Waals surface area contributed by atoms with Crippen LogP contribution in [0.5, 0.6) is 0 Å². The van der Waals surface area contributed by atoms with Crippen molar-refractivity contribution in [2.45, 2.75) is 5.03 Å². The van der Waals surface area contributed by atoms with Gasteiger partial charge in [-0.2, -0.15) is 0 Å². The maximum Gasteiger partial charge on any atom is 1.00 e. The molecule has 2 nitrogen and oxygen atoms in total. The summed E-state index contributed by atoms with van der Waals surface area (Å²) in [5.41, 5.74) is 0.234. The van der Waals surface area contributed by atoms with Crippen LogP contribution in [0, 0.1) is 0 Å². The van der Waals surface area contributed by atoms with Crippen molar-refractivity contribution in [3.63, 3.8) is 0 Å². The van der Waals surface area contributed by atoms with Crippen LogP contribution in [0.3, 0.4) is 0 Å². The first-order valence-corrected chi connectivity index (χ1v) is 5.63. The third kappa shape index (κ3) is 5.74. The van der Waals surface area contributed by atoms with Crippen molar-refractivity contribution in [2.24, 2.45) is 0 Å². The predicted molar refractivity (Wildman–Crippen MR) is 54.7 cm³/mol. The first kappa shape index (κ1) is 16.5.